The van der Waals surface area contributed by atoms with E-state index in [4.69, 9.17) is 0 Å². The molecule has 0 bridgehead atoms. The van der Waals surface area contributed by atoms with E-state index in [1.807, 2.05) is 47.4 Å². The topological polar surface area (TPSA) is 67.2 Å². The SMILES string of the molecule is Cn1nc(C(=O)N2CCc3ccccc3C2)cc1NC(=O)CCc1ccccc1. The smallest absolute Gasteiger partial charge is 0.274 e. The number of carbonyl (C=O) groups excluding carboxylic acids is 2. The molecule has 1 aromatic heterocycles. The summed E-state index contributed by atoms with van der Waals surface area (Å²) in [6, 6.07) is 19.7. The molecule has 6 nitrogen and oxygen atoms in total. The van der Waals surface area contributed by atoms with Crippen molar-refractivity contribution in [3.8, 4) is 0 Å². The van der Waals surface area contributed by atoms with Gasteiger partial charge in [0, 0.05) is 32.6 Å². The van der Waals surface area contributed by atoms with Gasteiger partial charge in [0.25, 0.3) is 5.91 Å². The Labute approximate surface area is 170 Å². The number of nitrogens with zero attached hydrogens (tertiary/aromatic N) is 3. The lowest BCUT2D eigenvalue weighted by molar-refractivity contribution is -0.116. The molecule has 0 atom stereocenters. The van der Waals surface area contributed by atoms with Crippen molar-refractivity contribution in [2.24, 2.45) is 7.05 Å². The Hall–Kier alpha value is -3.41. The summed E-state index contributed by atoms with van der Waals surface area (Å²) in [7, 11) is 1.73. The van der Waals surface area contributed by atoms with E-state index in [-0.39, 0.29) is 11.8 Å². The van der Waals surface area contributed by atoms with E-state index >= 15 is 0 Å². The fraction of sp³-hybridized carbons (Fsp3) is 0.261. The normalized spacial score (nSPS) is 13.1. The van der Waals surface area contributed by atoms with Crippen molar-refractivity contribution in [2.75, 3.05) is 11.9 Å². The summed E-state index contributed by atoms with van der Waals surface area (Å²) in [5, 5.41) is 7.19. The number of aryl methyl sites for hydroxylation is 2. The van der Waals surface area contributed by atoms with Crippen LogP contribution in [-0.2, 0) is 31.2 Å². The zero-order valence-electron chi connectivity index (χ0n) is 16.5. The molecule has 2 amide bonds. The van der Waals surface area contributed by atoms with Gasteiger partial charge in [0.1, 0.15) is 5.82 Å². The van der Waals surface area contributed by atoms with Crippen LogP contribution in [-0.4, -0.2) is 33.0 Å². The Balaban J connectivity index is 1.38. The van der Waals surface area contributed by atoms with Gasteiger partial charge >= 0.3 is 0 Å². The van der Waals surface area contributed by atoms with Crippen molar-refractivity contribution in [3.05, 3.63) is 83.0 Å². The van der Waals surface area contributed by atoms with E-state index in [1.54, 1.807) is 17.8 Å². The predicted octanol–water partition coefficient (Wildman–Crippen LogP) is 3.19. The lowest BCUT2D eigenvalue weighted by Gasteiger charge is -2.28. The summed E-state index contributed by atoms with van der Waals surface area (Å²) >= 11 is 0. The molecule has 0 unspecified atom stereocenters. The maximum atomic E-state index is 12.9. The number of carbonyl (C=O) groups is 2. The van der Waals surface area contributed by atoms with Crippen molar-refractivity contribution in [1.82, 2.24) is 14.7 Å². The number of aromatic nitrogens is 2. The van der Waals surface area contributed by atoms with Crippen LogP contribution in [0.5, 0.6) is 0 Å². The van der Waals surface area contributed by atoms with E-state index in [2.05, 4.69) is 22.5 Å². The first-order valence-electron chi connectivity index (χ1n) is 9.84. The molecule has 4 rings (SSSR count). The summed E-state index contributed by atoms with van der Waals surface area (Å²) < 4.78 is 1.55. The summed E-state index contributed by atoms with van der Waals surface area (Å²) in [6.07, 6.45) is 1.89. The average Bonchev–Trinajstić information content (AvgIpc) is 3.12. The first-order chi connectivity index (χ1) is 14.1. The zero-order chi connectivity index (χ0) is 20.2. The van der Waals surface area contributed by atoms with Crippen LogP contribution < -0.4 is 5.32 Å². The average molecular weight is 388 g/mol. The molecule has 1 N–H and O–H groups in total. The maximum absolute atomic E-state index is 12.9. The van der Waals surface area contributed by atoms with Gasteiger partial charge in [-0.2, -0.15) is 5.10 Å². The molecule has 2 aromatic carbocycles. The third-order valence-electron chi connectivity index (χ3n) is 5.27. The predicted molar refractivity (Wildman–Crippen MR) is 111 cm³/mol. The number of rotatable bonds is 5. The Morgan fingerprint density at radius 2 is 1.76 bits per heavy atom. The van der Waals surface area contributed by atoms with Gasteiger partial charge in [-0.05, 0) is 29.5 Å². The van der Waals surface area contributed by atoms with Crippen LogP contribution in [0.4, 0.5) is 5.82 Å². The highest BCUT2D eigenvalue weighted by Crippen LogP contribution is 2.21. The highest BCUT2D eigenvalue weighted by molar-refractivity contribution is 5.95. The van der Waals surface area contributed by atoms with Gasteiger partial charge in [-0.1, -0.05) is 54.6 Å². The minimum absolute atomic E-state index is 0.0947. The molecule has 0 radical (unpaired) electrons. The summed E-state index contributed by atoms with van der Waals surface area (Å²) in [4.78, 5) is 27.0. The molecule has 0 saturated carbocycles. The van der Waals surface area contributed by atoms with Gasteiger partial charge in [-0.15, -0.1) is 0 Å². The van der Waals surface area contributed by atoms with Gasteiger partial charge in [-0.3, -0.25) is 14.3 Å². The van der Waals surface area contributed by atoms with Gasteiger partial charge < -0.3 is 10.2 Å². The number of amides is 2. The second-order valence-electron chi connectivity index (χ2n) is 7.32. The van der Waals surface area contributed by atoms with Gasteiger partial charge in [0.05, 0.1) is 0 Å². The monoisotopic (exact) mass is 388 g/mol. The quantitative estimate of drug-likeness (QED) is 0.730. The molecule has 3 aromatic rings. The minimum Gasteiger partial charge on any atom is -0.333 e. The fourth-order valence-corrected chi connectivity index (χ4v) is 3.63. The maximum Gasteiger partial charge on any atom is 0.274 e. The molecular formula is C23H24N4O2. The number of benzene rings is 2. The summed E-state index contributed by atoms with van der Waals surface area (Å²) in [5.74, 6) is 0.325. The van der Waals surface area contributed by atoms with E-state index in [0.717, 1.165) is 12.0 Å². The van der Waals surface area contributed by atoms with Crippen LogP contribution in [0.15, 0.2) is 60.7 Å². The molecular weight excluding hydrogens is 364 g/mol. The molecule has 0 aliphatic carbocycles. The number of hydrogen-bond donors (Lipinski definition) is 1. The van der Waals surface area contributed by atoms with Crippen LogP contribution in [0.2, 0.25) is 0 Å². The van der Waals surface area contributed by atoms with E-state index < -0.39 is 0 Å². The highest BCUT2D eigenvalue weighted by atomic mass is 16.2. The molecule has 6 heteroatoms. The van der Waals surface area contributed by atoms with Crippen LogP contribution in [0.25, 0.3) is 0 Å². The Kier molecular flexibility index (Phi) is 5.42. The molecule has 2 heterocycles. The van der Waals surface area contributed by atoms with E-state index in [1.165, 1.54) is 11.1 Å². The summed E-state index contributed by atoms with van der Waals surface area (Å²) in [5.41, 5.74) is 3.94. The largest absolute Gasteiger partial charge is 0.333 e. The first kappa shape index (κ1) is 18.9. The number of fused-ring (bicyclic) bond motifs is 1. The number of nitrogens with one attached hydrogen (secondary N) is 1. The van der Waals surface area contributed by atoms with Crippen molar-refractivity contribution >= 4 is 17.6 Å². The van der Waals surface area contributed by atoms with Crippen molar-refractivity contribution in [3.63, 3.8) is 0 Å². The third kappa shape index (κ3) is 4.37. The standard InChI is InChI=1S/C23H24N4O2/c1-26-21(24-22(28)12-11-17-7-3-2-4-8-17)15-20(25-26)23(29)27-14-13-18-9-5-6-10-19(18)16-27/h2-10,15H,11-14,16H2,1H3,(H,24,28). The van der Waals surface area contributed by atoms with Gasteiger partial charge in [0.2, 0.25) is 5.91 Å². The Morgan fingerprint density at radius 3 is 2.55 bits per heavy atom. The highest BCUT2D eigenvalue weighted by Gasteiger charge is 2.24. The Morgan fingerprint density at radius 1 is 1.03 bits per heavy atom. The number of anilines is 1. The van der Waals surface area contributed by atoms with Crippen LogP contribution in [0.3, 0.4) is 0 Å². The first-order valence-corrected chi connectivity index (χ1v) is 9.84. The lowest BCUT2D eigenvalue weighted by atomic mass is 10.00. The number of hydrogen-bond acceptors (Lipinski definition) is 3. The Bertz CT molecular complexity index is 1030. The van der Waals surface area contributed by atoms with Crippen LogP contribution in [0, 0.1) is 0 Å². The van der Waals surface area contributed by atoms with E-state index in [0.29, 0.717) is 37.4 Å². The molecule has 0 fully saturated rings. The molecule has 0 spiro atoms. The van der Waals surface area contributed by atoms with Gasteiger partial charge in [0.15, 0.2) is 5.69 Å². The van der Waals surface area contributed by atoms with Crippen LogP contribution >= 0.6 is 0 Å². The van der Waals surface area contributed by atoms with Crippen LogP contribution in [0.1, 0.15) is 33.6 Å². The van der Waals surface area contributed by atoms with Crippen molar-refractivity contribution < 1.29 is 9.59 Å². The molecule has 148 valence electrons. The molecule has 29 heavy (non-hydrogen) atoms. The second-order valence-corrected chi connectivity index (χ2v) is 7.32. The van der Waals surface area contributed by atoms with E-state index in [9.17, 15) is 9.59 Å². The second kappa shape index (κ2) is 8.31. The van der Waals surface area contributed by atoms with Crippen molar-refractivity contribution in [1.29, 1.82) is 0 Å². The fourth-order valence-electron chi connectivity index (χ4n) is 3.63. The van der Waals surface area contributed by atoms with Gasteiger partial charge in [-0.25, -0.2) is 0 Å². The minimum atomic E-state index is -0.111. The van der Waals surface area contributed by atoms with Crippen molar-refractivity contribution in [2.45, 2.75) is 25.8 Å². The summed E-state index contributed by atoms with van der Waals surface area (Å²) in [6.45, 7) is 1.26. The molecule has 1 aliphatic heterocycles. The molecule has 0 saturated heterocycles. The third-order valence-corrected chi connectivity index (χ3v) is 5.27. The lowest BCUT2D eigenvalue weighted by Crippen LogP contribution is -2.36. The molecule has 1 aliphatic rings. The zero-order valence-corrected chi connectivity index (χ0v) is 16.5.